The van der Waals surface area contributed by atoms with Gasteiger partial charge in [0.2, 0.25) is 0 Å². The van der Waals surface area contributed by atoms with Gasteiger partial charge in [-0.1, -0.05) is 175 Å². The average Bonchev–Trinajstić information content (AvgIpc) is 1.58. The Bertz CT molecular complexity index is 3790. The Balaban J connectivity index is 0.000000262. The monoisotopic (exact) mass is 1680 g/mol. The summed E-state index contributed by atoms with van der Waals surface area (Å²) in [4.78, 5) is 55.8. The number of aldehydes is 1. The molecule has 101 heavy (non-hydrogen) atoms. The second-order valence-electron chi connectivity index (χ2n) is 28.3. The number of halogens is 4. The Labute approximate surface area is 635 Å². The van der Waals surface area contributed by atoms with Gasteiger partial charge in [0.15, 0.2) is 0 Å². The van der Waals surface area contributed by atoms with Crippen LogP contribution in [0.25, 0.3) is 0 Å². The van der Waals surface area contributed by atoms with Crippen molar-refractivity contribution in [3.8, 4) is 0 Å². The number of ether oxygens (including phenoxy) is 3. The van der Waals surface area contributed by atoms with Gasteiger partial charge in [-0.2, -0.15) is 18.4 Å². The number of sulfonamides is 2. The number of nitrogens with one attached hydrogen (secondary N) is 2. The first kappa shape index (κ1) is 87.2. The van der Waals surface area contributed by atoms with Crippen LogP contribution in [0, 0.1) is 24.7 Å². The lowest BCUT2D eigenvalue weighted by molar-refractivity contribution is 0.0159. The lowest BCUT2D eigenvalue weighted by Crippen LogP contribution is -2.42. The molecule has 0 radical (unpaired) electrons. The molecule has 3 aliphatic heterocycles. The Morgan fingerprint density at radius 1 is 0.495 bits per heavy atom. The molecule has 6 aromatic carbocycles. The maximum Gasteiger partial charge on any atom is 0.410 e. The molecule has 3 amide bonds. The Morgan fingerprint density at radius 3 is 1.10 bits per heavy atom. The van der Waals surface area contributed by atoms with Gasteiger partial charge in [0, 0.05) is 62.7 Å². The van der Waals surface area contributed by atoms with Crippen molar-refractivity contribution in [1.82, 2.24) is 24.4 Å². The van der Waals surface area contributed by atoms with Crippen LogP contribution in [0.3, 0.4) is 0 Å². The zero-order chi connectivity index (χ0) is 73.2. The number of rotatable bonds is 9. The molecular weight excluding hydrogens is 1580 g/mol. The minimum atomic E-state index is -3.61. The Hall–Kier alpha value is -6.25. The summed E-state index contributed by atoms with van der Waals surface area (Å²) < 4.78 is 66.5. The van der Waals surface area contributed by atoms with Crippen LogP contribution in [-0.4, -0.2) is 118 Å². The summed E-state index contributed by atoms with van der Waals surface area (Å²) in [7, 11) is -7.10. The maximum atomic E-state index is 12.1. The minimum Gasteiger partial charge on any atom is -0.444 e. The van der Waals surface area contributed by atoms with E-state index in [9.17, 15) is 36.0 Å². The van der Waals surface area contributed by atoms with Gasteiger partial charge in [0.05, 0.1) is 16.0 Å². The van der Waals surface area contributed by atoms with Crippen LogP contribution in [0.4, 0.5) is 14.4 Å². The number of hydrazine groups is 1. The third-order valence-corrected chi connectivity index (χ3v) is 21.5. The molecule has 3 saturated heterocycles. The van der Waals surface area contributed by atoms with Crippen molar-refractivity contribution in [3.05, 3.63) is 209 Å². The van der Waals surface area contributed by atoms with Gasteiger partial charge >= 0.3 is 18.3 Å². The van der Waals surface area contributed by atoms with Gasteiger partial charge in [-0.05, 0) is 240 Å². The number of piperidine rings is 3. The van der Waals surface area contributed by atoms with Crippen LogP contribution in [0.1, 0.15) is 179 Å². The van der Waals surface area contributed by atoms with Crippen LogP contribution in [0.5, 0.6) is 0 Å². The molecule has 4 N–H and O–H groups in total. The summed E-state index contributed by atoms with van der Waals surface area (Å²) >= 11 is 13.6. The molecule has 2 saturated carbocycles. The normalized spacial score (nSPS) is 17.2. The Morgan fingerprint density at radius 2 is 0.792 bits per heavy atom. The van der Waals surface area contributed by atoms with Crippen molar-refractivity contribution in [2.45, 2.75) is 181 Å². The number of hydrogen-bond donors (Lipinski definition) is 3. The van der Waals surface area contributed by atoms with E-state index in [4.69, 9.17) is 20.1 Å². The van der Waals surface area contributed by atoms with E-state index in [1.54, 1.807) is 58.3 Å². The van der Waals surface area contributed by atoms with Crippen molar-refractivity contribution in [1.29, 1.82) is 0 Å². The number of benzene rings is 6. The number of carbonyl (C=O) groups excluding carboxylic acids is 4. The number of aryl methyl sites for hydroxylation is 2. The molecule has 5 fully saturated rings. The lowest BCUT2D eigenvalue weighted by Gasteiger charge is -2.34. The first-order valence-corrected chi connectivity index (χ1v) is 38.9. The number of carbonyl (C=O) groups is 4. The third-order valence-electron chi connectivity index (χ3n) is 16.9. The van der Waals surface area contributed by atoms with Gasteiger partial charge in [0.25, 0.3) is 20.0 Å². The predicted molar refractivity (Wildman–Crippen MR) is 420 cm³/mol. The van der Waals surface area contributed by atoms with E-state index in [0.29, 0.717) is 28.2 Å². The van der Waals surface area contributed by atoms with E-state index in [2.05, 4.69) is 129 Å². The average molecular weight is 1690 g/mol. The number of hydrazone groups is 1. The summed E-state index contributed by atoms with van der Waals surface area (Å²) in [6.07, 6.45) is 10.4. The highest BCUT2D eigenvalue weighted by Gasteiger charge is 2.57. The smallest absolute Gasteiger partial charge is 0.410 e. The fourth-order valence-corrected chi connectivity index (χ4v) is 13.7. The quantitative estimate of drug-likeness (QED) is 0.0306. The molecule has 24 heteroatoms. The highest BCUT2D eigenvalue weighted by molar-refractivity contribution is 9.11. The third kappa shape index (κ3) is 29.1. The molecule has 0 unspecified atom stereocenters. The minimum absolute atomic E-state index is 0. The van der Waals surface area contributed by atoms with Gasteiger partial charge in [-0.15, -0.1) is 0 Å². The van der Waals surface area contributed by atoms with E-state index in [0.717, 1.165) is 119 Å². The summed E-state index contributed by atoms with van der Waals surface area (Å²) in [6.45, 7) is 29.6. The number of nitrogens with two attached hydrogens (primary N) is 1. The molecule has 6 aromatic rings. The number of hydrogen-bond acceptors (Lipinski definition) is 13. The van der Waals surface area contributed by atoms with Crippen molar-refractivity contribution in [3.63, 3.8) is 0 Å². The van der Waals surface area contributed by atoms with Crippen LogP contribution < -0.4 is 15.5 Å². The number of nitrogens with zero attached hydrogens (tertiary/aromatic N) is 4. The van der Waals surface area contributed by atoms with Crippen LogP contribution in [-0.2, 0) is 34.3 Å². The first-order chi connectivity index (χ1) is 46.3. The van der Waals surface area contributed by atoms with E-state index in [1.807, 2.05) is 122 Å². The molecule has 2 atom stereocenters. The van der Waals surface area contributed by atoms with Crippen LogP contribution in [0.2, 0.25) is 0 Å². The van der Waals surface area contributed by atoms with Crippen LogP contribution in [0.15, 0.2) is 191 Å². The largest absolute Gasteiger partial charge is 0.444 e. The van der Waals surface area contributed by atoms with Gasteiger partial charge in [-0.25, -0.2) is 27.6 Å². The standard InChI is InChI=1S/2C18H24BrNO2.C14H13BrN2O2S.C11H19NO2.C7H5BrO.C7H10N2O2S.2CH4/c2*1-17(2,3)22-16(21)20-10-8-18(9-11-20)12-15(18)13-4-6-14(19)7-5-13;1-11-2-8-14(9-3-11)20(18,19)17-16-10-12-4-6-13(15)7-5-12;1-9-5-7-12(8-6-9)10(13)14-11(2,3)4;8-7-3-1-6(5-9)2-4-7;1-6-2-4-7(5-3-6)12(10,11)9-8;;/h2*4-7,15H,8-12H2,1-3H3;2-10,17H,1H3;1,5-8H2,2-4H3;1-5H;2-5,9H,8H2,1H3;2*1H4/b;;16-10+;;;;;/t2*15-;;;;;;/m10....../s1. The van der Waals surface area contributed by atoms with Crippen molar-refractivity contribution in [2.24, 2.45) is 21.8 Å². The van der Waals surface area contributed by atoms with Crippen LogP contribution >= 0.6 is 63.7 Å². The maximum absolute atomic E-state index is 12.1. The zero-order valence-electron chi connectivity index (χ0n) is 58.5. The predicted octanol–water partition coefficient (Wildman–Crippen LogP) is 19.2. The molecule has 3 heterocycles. The lowest BCUT2D eigenvalue weighted by atomic mass is 9.89. The van der Waals surface area contributed by atoms with Gasteiger partial charge in [-0.3, -0.25) is 10.6 Å². The van der Waals surface area contributed by atoms with Gasteiger partial charge < -0.3 is 28.9 Å². The second-order valence-corrected chi connectivity index (χ2v) is 35.4. The summed E-state index contributed by atoms with van der Waals surface area (Å²) in [5.41, 5.74) is 7.25. The molecule has 11 rings (SSSR count). The highest BCUT2D eigenvalue weighted by Crippen LogP contribution is 2.66. The van der Waals surface area contributed by atoms with E-state index in [1.165, 1.54) is 47.9 Å². The number of amides is 3. The molecule has 0 bridgehead atoms. The van der Waals surface area contributed by atoms with E-state index in [-0.39, 0.29) is 42.9 Å². The summed E-state index contributed by atoms with van der Waals surface area (Å²) in [5, 5.41) is 3.76. The zero-order valence-corrected chi connectivity index (χ0v) is 66.4. The van der Waals surface area contributed by atoms with E-state index >= 15 is 0 Å². The highest BCUT2D eigenvalue weighted by atomic mass is 79.9. The number of likely N-dealkylation sites (tertiary alicyclic amines) is 3. The topological polar surface area (TPSA) is 236 Å². The fourth-order valence-electron chi connectivity index (χ4n) is 11.2. The van der Waals surface area contributed by atoms with Gasteiger partial charge in [0.1, 0.15) is 23.1 Å². The second kappa shape index (κ2) is 38.5. The molecular formula is C77H103Br4N7O11S2. The molecule has 5 aliphatic rings. The van der Waals surface area contributed by atoms with Crippen molar-refractivity contribution >= 4 is 115 Å². The molecule has 2 spiro atoms. The van der Waals surface area contributed by atoms with Crippen molar-refractivity contribution < 1.29 is 50.2 Å². The molecule has 552 valence electrons. The molecule has 2 aliphatic carbocycles. The summed E-state index contributed by atoms with van der Waals surface area (Å²) in [6, 6.07) is 45.0. The first-order valence-electron chi connectivity index (χ1n) is 32.8. The van der Waals surface area contributed by atoms with E-state index < -0.39 is 36.8 Å². The molecule has 18 nitrogen and oxygen atoms in total. The molecule has 0 aromatic heterocycles. The fraction of sp³-hybridized carbons (Fsp3) is 0.442. The van der Waals surface area contributed by atoms with Crippen molar-refractivity contribution in [2.75, 3.05) is 39.3 Å². The Kier molecular flexibility index (Phi) is 33.2. The SMILES string of the molecule is C.C.C=C1CCN(C(=O)OC(C)(C)C)CC1.CC(C)(C)OC(=O)N1CCC2(CC1)C[C@@H]2c1ccc(Br)cc1.CC(C)(C)OC(=O)N1CCC2(CC1)C[C@H]2c1ccc(Br)cc1.Cc1ccc(S(=O)(=O)N/N=C/c2ccc(Br)cc2)cc1.Cc1ccc(S(=O)(=O)NN)cc1.O=Cc1ccc(Br)cc1. The summed E-state index contributed by atoms with van der Waals surface area (Å²) in [5.74, 6) is 6.17.